The van der Waals surface area contributed by atoms with Crippen molar-refractivity contribution in [1.82, 2.24) is 15.1 Å². The second-order valence-corrected chi connectivity index (χ2v) is 4.79. The lowest BCUT2D eigenvalue weighted by Crippen LogP contribution is -2.14. The smallest absolute Gasteiger partial charge is 0.0571 e. The number of hydrogen-bond acceptors (Lipinski definition) is 2. The summed E-state index contributed by atoms with van der Waals surface area (Å²) in [5, 5.41) is 7.92. The Hall–Kier alpha value is -1.61. The van der Waals surface area contributed by atoms with Gasteiger partial charge in [-0.15, -0.1) is 0 Å². The molecule has 1 N–H and O–H groups in total. The van der Waals surface area contributed by atoms with E-state index in [0.717, 1.165) is 26.1 Å². The fourth-order valence-electron chi connectivity index (χ4n) is 2.37. The number of nitrogens with zero attached hydrogens (tertiary/aromatic N) is 2. The molecule has 0 atom stereocenters. The molecule has 19 heavy (non-hydrogen) atoms. The Morgan fingerprint density at radius 2 is 1.95 bits per heavy atom. The predicted octanol–water partition coefficient (Wildman–Crippen LogP) is 3.38. The van der Waals surface area contributed by atoms with Crippen LogP contribution in [0.25, 0.3) is 11.1 Å². The molecule has 0 aliphatic heterocycles. The van der Waals surface area contributed by atoms with Crippen LogP contribution in [0, 0.1) is 6.92 Å². The minimum atomic E-state index is 0.917. The molecule has 0 radical (unpaired) electrons. The summed E-state index contributed by atoms with van der Waals surface area (Å²) in [6.07, 6.45) is 3.15. The van der Waals surface area contributed by atoms with Crippen molar-refractivity contribution in [2.75, 3.05) is 6.54 Å². The van der Waals surface area contributed by atoms with Crippen molar-refractivity contribution in [3.05, 3.63) is 41.7 Å². The van der Waals surface area contributed by atoms with Crippen molar-refractivity contribution in [3.8, 4) is 11.1 Å². The average molecular weight is 257 g/mol. The summed E-state index contributed by atoms with van der Waals surface area (Å²) in [6, 6.07) is 8.58. The van der Waals surface area contributed by atoms with Crippen LogP contribution in [0.1, 0.15) is 31.5 Å². The molecule has 3 heteroatoms. The quantitative estimate of drug-likeness (QED) is 0.804. The minimum Gasteiger partial charge on any atom is -0.313 e. The van der Waals surface area contributed by atoms with Gasteiger partial charge in [-0.1, -0.05) is 31.2 Å². The Labute approximate surface area is 115 Å². The van der Waals surface area contributed by atoms with Crippen LogP contribution in [-0.4, -0.2) is 16.3 Å². The molecular weight excluding hydrogens is 234 g/mol. The van der Waals surface area contributed by atoms with Gasteiger partial charge in [-0.05, 0) is 37.9 Å². The largest absolute Gasteiger partial charge is 0.313 e. The second-order valence-electron chi connectivity index (χ2n) is 4.79. The van der Waals surface area contributed by atoms with Crippen LogP contribution in [-0.2, 0) is 13.1 Å². The molecule has 0 aliphatic carbocycles. The maximum Gasteiger partial charge on any atom is 0.0571 e. The van der Waals surface area contributed by atoms with E-state index in [4.69, 9.17) is 0 Å². The summed E-state index contributed by atoms with van der Waals surface area (Å²) in [4.78, 5) is 0. The van der Waals surface area contributed by atoms with E-state index in [1.54, 1.807) is 0 Å². The highest BCUT2D eigenvalue weighted by Gasteiger charge is 2.10. The molecule has 0 aliphatic rings. The minimum absolute atomic E-state index is 0.917. The molecule has 102 valence electrons. The molecule has 2 rings (SSSR count). The fourth-order valence-corrected chi connectivity index (χ4v) is 2.37. The van der Waals surface area contributed by atoms with Crippen LogP contribution in [0.4, 0.5) is 0 Å². The van der Waals surface area contributed by atoms with E-state index < -0.39 is 0 Å². The van der Waals surface area contributed by atoms with E-state index >= 15 is 0 Å². The van der Waals surface area contributed by atoms with Crippen LogP contribution in [0.3, 0.4) is 0 Å². The van der Waals surface area contributed by atoms with Crippen molar-refractivity contribution in [2.24, 2.45) is 0 Å². The third kappa shape index (κ3) is 3.04. The lowest BCUT2D eigenvalue weighted by molar-refractivity contribution is 0.640. The van der Waals surface area contributed by atoms with Crippen molar-refractivity contribution in [2.45, 2.75) is 40.3 Å². The van der Waals surface area contributed by atoms with Crippen LogP contribution in [0.2, 0.25) is 0 Å². The van der Waals surface area contributed by atoms with Gasteiger partial charge in [0.1, 0.15) is 0 Å². The van der Waals surface area contributed by atoms with Gasteiger partial charge in [0.05, 0.1) is 6.20 Å². The van der Waals surface area contributed by atoms with Gasteiger partial charge in [0.25, 0.3) is 0 Å². The molecule has 0 bridgehead atoms. The molecule has 0 unspecified atom stereocenters. The fraction of sp³-hybridized carbons (Fsp3) is 0.438. The van der Waals surface area contributed by atoms with Crippen molar-refractivity contribution < 1.29 is 0 Å². The normalized spacial score (nSPS) is 10.9. The first-order chi connectivity index (χ1) is 9.27. The lowest BCUT2D eigenvalue weighted by atomic mass is 10.0. The van der Waals surface area contributed by atoms with Crippen molar-refractivity contribution in [1.29, 1.82) is 0 Å². The lowest BCUT2D eigenvalue weighted by Gasteiger charge is -2.10. The molecule has 0 saturated carbocycles. The maximum absolute atomic E-state index is 4.44. The van der Waals surface area contributed by atoms with Crippen molar-refractivity contribution >= 4 is 0 Å². The number of aromatic nitrogens is 2. The Balaban J connectivity index is 2.30. The third-order valence-corrected chi connectivity index (χ3v) is 3.45. The molecule has 0 saturated heterocycles. The van der Waals surface area contributed by atoms with Gasteiger partial charge >= 0.3 is 0 Å². The first-order valence-corrected chi connectivity index (χ1v) is 7.09. The highest BCUT2D eigenvalue weighted by molar-refractivity contribution is 5.68. The van der Waals surface area contributed by atoms with Crippen LogP contribution < -0.4 is 5.32 Å². The zero-order valence-electron chi connectivity index (χ0n) is 12.1. The predicted molar refractivity (Wildman–Crippen MR) is 80.1 cm³/mol. The maximum atomic E-state index is 4.44. The number of aryl methyl sites for hydroxylation is 1. The van der Waals surface area contributed by atoms with E-state index in [9.17, 15) is 0 Å². The highest BCUT2D eigenvalue weighted by Crippen LogP contribution is 2.26. The van der Waals surface area contributed by atoms with Gasteiger partial charge in [0, 0.05) is 24.3 Å². The van der Waals surface area contributed by atoms with Gasteiger partial charge in [0.15, 0.2) is 0 Å². The summed E-state index contributed by atoms with van der Waals surface area (Å²) in [5.74, 6) is 0. The van der Waals surface area contributed by atoms with Gasteiger partial charge in [-0.3, -0.25) is 4.68 Å². The van der Waals surface area contributed by atoms with Gasteiger partial charge in [-0.25, -0.2) is 0 Å². The van der Waals surface area contributed by atoms with Crippen LogP contribution >= 0.6 is 0 Å². The number of benzene rings is 1. The molecule has 0 spiro atoms. The average Bonchev–Trinajstić information content (AvgIpc) is 2.81. The third-order valence-electron chi connectivity index (χ3n) is 3.45. The number of rotatable bonds is 6. The number of nitrogens with one attached hydrogen (secondary N) is 1. The molecule has 1 aromatic carbocycles. The molecule has 3 nitrogen and oxygen atoms in total. The van der Waals surface area contributed by atoms with E-state index in [2.05, 4.69) is 55.5 Å². The Kier molecular flexibility index (Phi) is 4.74. The topological polar surface area (TPSA) is 29.9 Å². The first-order valence-electron chi connectivity index (χ1n) is 7.09. The Bertz CT molecular complexity index is 529. The summed E-state index contributed by atoms with van der Waals surface area (Å²) in [6.45, 7) is 9.35. The molecule has 2 aromatic rings. The molecule has 0 fully saturated rings. The zero-order chi connectivity index (χ0) is 13.7. The van der Waals surface area contributed by atoms with Crippen LogP contribution in [0.5, 0.6) is 0 Å². The van der Waals surface area contributed by atoms with E-state index in [1.807, 2.05) is 10.9 Å². The summed E-state index contributed by atoms with van der Waals surface area (Å²) in [7, 11) is 0. The monoisotopic (exact) mass is 257 g/mol. The molecular formula is C16H23N3. The summed E-state index contributed by atoms with van der Waals surface area (Å²) < 4.78 is 2.05. The van der Waals surface area contributed by atoms with Gasteiger partial charge in [-0.2, -0.15) is 5.10 Å². The van der Waals surface area contributed by atoms with E-state index in [-0.39, 0.29) is 0 Å². The summed E-state index contributed by atoms with van der Waals surface area (Å²) in [5.41, 5.74) is 5.12. The summed E-state index contributed by atoms with van der Waals surface area (Å²) >= 11 is 0. The standard InChI is InChI=1S/C16H23N3/c1-4-10-17-11-14-8-6-7-9-15(14)16-12-18-19(5-2)13(16)3/h6-9,12,17H,4-5,10-11H2,1-3H3. The first kappa shape index (κ1) is 13.8. The molecule has 0 amide bonds. The molecule has 1 aromatic heterocycles. The second kappa shape index (κ2) is 6.53. The zero-order valence-corrected chi connectivity index (χ0v) is 12.1. The van der Waals surface area contributed by atoms with Crippen molar-refractivity contribution in [3.63, 3.8) is 0 Å². The van der Waals surface area contributed by atoms with Crippen LogP contribution in [0.15, 0.2) is 30.5 Å². The Morgan fingerprint density at radius 3 is 2.63 bits per heavy atom. The van der Waals surface area contributed by atoms with Gasteiger partial charge in [0.2, 0.25) is 0 Å². The number of hydrogen-bond donors (Lipinski definition) is 1. The SMILES string of the molecule is CCCNCc1ccccc1-c1cnn(CC)c1C. The van der Waals surface area contributed by atoms with Gasteiger partial charge < -0.3 is 5.32 Å². The van der Waals surface area contributed by atoms with E-state index in [1.165, 1.54) is 22.4 Å². The highest BCUT2D eigenvalue weighted by atomic mass is 15.3. The van der Waals surface area contributed by atoms with E-state index in [0.29, 0.717) is 0 Å². The molecule has 1 heterocycles. The Morgan fingerprint density at radius 1 is 1.16 bits per heavy atom.